The second-order valence-corrected chi connectivity index (χ2v) is 8.22. The number of likely N-dealkylation sites (tertiary alicyclic amines) is 1. The number of pyridine rings is 1. The van der Waals surface area contributed by atoms with Crippen LogP contribution < -0.4 is 10.1 Å². The van der Waals surface area contributed by atoms with Gasteiger partial charge in [0.05, 0.1) is 18.4 Å². The fourth-order valence-electron chi connectivity index (χ4n) is 3.45. The number of nitrogens with zero attached hydrogens (tertiary/aromatic N) is 2. The Morgan fingerprint density at radius 1 is 1.13 bits per heavy atom. The second-order valence-electron chi connectivity index (χ2n) is 7.30. The van der Waals surface area contributed by atoms with E-state index >= 15 is 0 Å². The molecule has 3 aromatic rings. The van der Waals surface area contributed by atoms with E-state index in [4.69, 9.17) is 9.15 Å². The third kappa shape index (κ3) is 5.52. The molecule has 1 saturated heterocycles. The van der Waals surface area contributed by atoms with E-state index in [9.17, 15) is 9.59 Å². The van der Waals surface area contributed by atoms with Crippen molar-refractivity contribution in [3.63, 3.8) is 0 Å². The Labute approximate surface area is 188 Å². The smallest absolute Gasteiger partial charge is 0.255 e. The number of nitrogens with one attached hydrogen (secondary N) is 1. The summed E-state index contributed by atoms with van der Waals surface area (Å²) in [5, 5.41) is 2.90. The molecular weight excluding hydrogens is 462 g/mol. The van der Waals surface area contributed by atoms with Gasteiger partial charge in [-0.3, -0.25) is 9.59 Å². The van der Waals surface area contributed by atoms with E-state index in [1.807, 2.05) is 30.3 Å². The third-order valence-corrected chi connectivity index (χ3v) is 5.72. The molecule has 0 atom stereocenters. The summed E-state index contributed by atoms with van der Waals surface area (Å²) in [7, 11) is 0. The van der Waals surface area contributed by atoms with Crippen molar-refractivity contribution in [1.82, 2.24) is 15.2 Å². The van der Waals surface area contributed by atoms with Gasteiger partial charge in [0.15, 0.2) is 0 Å². The van der Waals surface area contributed by atoms with Gasteiger partial charge in [-0.05, 0) is 55.3 Å². The van der Waals surface area contributed by atoms with Crippen LogP contribution in [0.15, 0.2) is 69.9 Å². The summed E-state index contributed by atoms with van der Waals surface area (Å²) >= 11 is 3.38. The Kier molecular flexibility index (Phi) is 6.66. The highest BCUT2D eigenvalue weighted by Gasteiger charge is 2.28. The zero-order chi connectivity index (χ0) is 21.6. The van der Waals surface area contributed by atoms with Gasteiger partial charge in [-0.25, -0.2) is 4.98 Å². The maximum absolute atomic E-state index is 12.8. The normalized spacial score (nSPS) is 14.3. The zero-order valence-electron chi connectivity index (χ0n) is 16.8. The summed E-state index contributed by atoms with van der Waals surface area (Å²) in [6, 6.07) is 14.4. The number of furan rings is 1. The average molecular weight is 484 g/mol. The first-order valence-corrected chi connectivity index (χ1v) is 10.9. The average Bonchev–Trinajstić information content (AvgIpc) is 3.33. The minimum Gasteiger partial charge on any atom is -0.467 e. The van der Waals surface area contributed by atoms with Gasteiger partial charge in [0.1, 0.15) is 11.5 Å². The molecule has 1 N–H and O–H groups in total. The van der Waals surface area contributed by atoms with Crippen LogP contribution in [0.25, 0.3) is 0 Å². The van der Waals surface area contributed by atoms with Crippen molar-refractivity contribution in [2.75, 3.05) is 13.1 Å². The van der Waals surface area contributed by atoms with Gasteiger partial charge in [0.2, 0.25) is 11.8 Å². The van der Waals surface area contributed by atoms with E-state index in [-0.39, 0.29) is 17.7 Å². The quantitative estimate of drug-likeness (QED) is 0.561. The van der Waals surface area contributed by atoms with Crippen molar-refractivity contribution in [3.05, 3.63) is 76.8 Å². The number of hydrogen-bond donors (Lipinski definition) is 1. The van der Waals surface area contributed by atoms with Crippen LogP contribution >= 0.6 is 15.9 Å². The van der Waals surface area contributed by atoms with Gasteiger partial charge in [0.25, 0.3) is 5.91 Å². The Morgan fingerprint density at radius 3 is 2.55 bits per heavy atom. The molecule has 1 fully saturated rings. The van der Waals surface area contributed by atoms with E-state index in [1.54, 1.807) is 29.4 Å². The SMILES string of the molecule is O=C(NCc1ccco1)C1CCN(C(=O)c2ccc(Oc3ccc(Br)cc3)nc2)CC1. The number of ether oxygens (including phenoxy) is 1. The zero-order valence-corrected chi connectivity index (χ0v) is 18.4. The lowest BCUT2D eigenvalue weighted by molar-refractivity contribution is -0.126. The van der Waals surface area contributed by atoms with E-state index in [0.29, 0.717) is 49.7 Å². The standard InChI is InChI=1S/C23H22BrN3O4/c24-18-4-6-19(7-5-18)31-21-8-3-17(14-25-21)23(29)27-11-9-16(10-12-27)22(28)26-15-20-2-1-13-30-20/h1-8,13-14,16H,9-12,15H2,(H,26,28). The van der Waals surface area contributed by atoms with Gasteiger partial charge in [-0.1, -0.05) is 15.9 Å². The van der Waals surface area contributed by atoms with Crippen molar-refractivity contribution in [2.24, 2.45) is 5.92 Å². The largest absolute Gasteiger partial charge is 0.467 e. The molecule has 0 saturated carbocycles. The molecule has 0 bridgehead atoms. The molecule has 0 unspecified atom stereocenters. The van der Waals surface area contributed by atoms with Crippen LogP contribution in [0, 0.1) is 5.92 Å². The highest BCUT2D eigenvalue weighted by molar-refractivity contribution is 9.10. The summed E-state index contributed by atoms with van der Waals surface area (Å²) in [6.07, 6.45) is 4.38. The minimum absolute atomic E-state index is 0.000362. The molecule has 0 radical (unpaired) electrons. The Hall–Kier alpha value is -3.13. The molecule has 1 aliphatic heterocycles. The fraction of sp³-hybridized carbons (Fsp3) is 0.261. The van der Waals surface area contributed by atoms with Gasteiger partial charge in [0, 0.05) is 35.7 Å². The predicted molar refractivity (Wildman–Crippen MR) is 118 cm³/mol. The molecule has 3 heterocycles. The number of amides is 2. The summed E-state index contributed by atoms with van der Waals surface area (Å²) in [5.74, 6) is 1.63. The number of hydrogen-bond acceptors (Lipinski definition) is 5. The first kappa shape index (κ1) is 21.1. The number of piperidine rings is 1. The lowest BCUT2D eigenvalue weighted by Gasteiger charge is -2.31. The molecule has 31 heavy (non-hydrogen) atoms. The third-order valence-electron chi connectivity index (χ3n) is 5.19. The van der Waals surface area contributed by atoms with E-state index in [0.717, 1.165) is 10.2 Å². The molecule has 4 rings (SSSR count). The summed E-state index contributed by atoms with van der Waals surface area (Å²) < 4.78 is 11.9. The van der Waals surface area contributed by atoms with Crippen LogP contribution in [0.5, 0.6) is 11.6 Å². The molecule has 0 spiro atoms. The summed E-state index contributed by atoms with van der Waals surface area (Å²) in [4.78, 5) is 31.2. The predicted octanol–water partition coefficient (Wildman–Crippen LogP) is 4.40. The van der Waals surface area contributed by atoms with Gasteiger partial charge >= 0.3 is 0 Å². The van der Waals surface area contributed by atoms with Crippen molar-refractivity contribution < 1.29 is 18.7 Å². The van der Waals surface area contributed by atoms with E-state index < -0.39 is 0 Å². The van der Waals surface area contributed by atoms with Crippen LogP contribution in [0.3, 0.4) is 0 Å². The highest BCUT2D eigenvalue weighted by atomic mass is 79.9. The summed E-state index contributed by atoms with van der Waals surface area (Å²) in [5.41, 5.74) is 0.504. The number of benzene rings is 1. The monoisotopic (exact) mass is 483 g/mol. The van der Waals surface area contributed by atoms with Crippen LogP contribution in [0.2, 0.25) is 0 Å². The Balaban J connectivity index is 1.27. The molecule has 1 aromatic carbocycles. The van der Waals surface area contributed by atoms with Crippen molar-refractivity contribution in [2.45, 2.75) is 19.4 Å². The van der Waals surface area contributed by atoms with Crippen LogP contribution in [0.1, 0.15) is 29.0 Å². The maximum atomic E-state index is 12.8. The molecule has 0 aliphatic carbocycles. The van der Waals surface area contributed by atoms with Crippen molar-refractivity contribution >= 4 is 27.7 Å². The molecular formula is C23H22BrN3O4. The Bertz CT molecular complexity index is 1010. The maximum Gasteiger partial charge on any atom is 0.255 e. The lowest BCUT2D eigenvalue weighted by atomic mass is 9.95. The van der Waals surface area contributed by atoms with Crippen molar-refractivity contribution in [1.29, 1.82) is 0 Å². The Morgan fingerprint density at radius 2 is 1.90 bits per heavy atom. The first-order chi connectivity index (χ1) is 15.1. The van der Waals surface area contributed by atoms with Crippen LogP contribution in [0.4, 0.5) is 0 Å². The van der Waals surface area contributed by atoms with Crippen LogP contribution in [-0.2, 0) is 11.3 Å². The number of rotatable bonds is 6. The lowest BCUT2D eigenvalue weighted by Crippen LogP contribution is -2.42. The van der Waals surface area contributed by atoms with Gasteiger partial charge < -0.3 is 19.4 Å². The summed E-state index contributed by atoms with van der Waals surface area (Å²) in [6.45, 7) is 1.45. The minimum atomic E-state index is -0.0983. The molecule has 160 valence electrons. The molecule has 2 aromatic heterocycles. The van der Waals surface area contributed by atoms with E-state index in [1.165, 1.54) is 6.20 Å². The molecule has 2 amide bonds. The molecule has 1 aliphatic rings. The van der Waals surface area contributed by atoms with Crippen LogP contribution in [-0.4, -0.2) is 34.8 Å². The fourth-order valence-corrected chi connectivity index (χ4v) is 3.71. The number of halogens is 1. The van der Waals surface area contributed by atoms with Crippen molar-refractivity contribution in [3.8, 4) is 11.6 Å². The number of carbonyl (C=O) groups excluding carboxylic acids is 2. The number of carbonyl (C=O) groups is 2. The second kappa shape index (κ2) is 9.78. The van der Waals surface area contributed by atoms with E-state index in [2.05, 4.69) is 26.2 Å². The highest BCUT2D eigenvalue weighted by Crippen LogP contribution is 2.23. The topological polar surface area (TPSA) is 84.7 Å². The first-order valence-electron chi connectivity index (χ1n) is 10.1. The molecule has 7 nitrogen and oxygen atoms in total. The van der Waals surface area contributed by atoms with Gasteiger partial charge in [-0.2, -0.15) is 0 Å². The number of aromatic nitrogens is 1. The van der Waals surface area contributed by atoms with Gasteiger partial charge in [-0.15, -0.1) is 0 Å². The molecule has 8 heteroatoms.